The molecule has 1 saturated heterocycles. The molecule has 0 unspecified atom stereocenters. The van der Waals surface area contributed by atoms with E-state index in [4.69, 9.17) is 10.00 Å². The van der Waals surface area contributed by atoms with Gasteiger partial charge in [0, 0.05) is 12.7 Å². The van der Waals surface area contributed by atoms with Crippen molar-refractivity contribution in [2.24, 2.45) is 0 Å². The molecule has 90 valence electrons. The number of pyridine rings is 1. The highest BCUT2D eigenvalue weighted by atomic mass is 16.5. The molecule has 0 radical (unpaired) electrons. The number of hydrogen-bond acceptors (Lipinski definition) is 4. The lowest BCUT2D eigenvalue weighted by atomic mass is 10.1. The van der Waals surface area contributed by atoms with Gasteiger partial charge in [-0.15, -0.1) is 0 Å². The zero-order valence-corrected chi connectivity index (χ0v) is 9.64. The first-order valence-corrected chi connectivity index (χ1v) is 5.58. The maximum absolute atomic E-state index is 11.8. The first-order valence-electron chi connectivity index (χ1n) is 5.58. The summed E-state index contributed by atoms with van der Waals surface area (Å²) in [6.45, 7) is 2.63. The van der Waals surface area contributed by atoms with Gasteiger partial charge in [-0.2, -0.15) is 5.26 Å². The molecular weight excluding hydrogens is 220 g/mol. The minimum Gasteiger partial charge on any atom is -0.493 e. The van der Waals surface area contributed by atoms with Crippen LogP contribution in [-0.2, 0) is 11.3 Å². The van der Waals surface area contributed by atoms with E-state index in [1.165, 1.54) is 10.6 Å². The third-order valence-corrected chi connectivity index (χ3v) is 3.00. The molecule has 1 aromatic rings. The second-order valence-electron chi connectivity index (χ2n) is 4.22. The third-order valence-electron chi connectivity index (χ3n) is 3.00. The lowest BCUT2D eigenvalue weighted by molar-refractivity contribution is 0.0938. The number of nitrogens with zero attached hydrogens (tertiary/aromatic N) is 2. The van der Waals surface area contributed by atoms with Crippen LogP contribution < -0.4 is 5.56 Å². The molecule has 1 aromatic heterocycles. The van der Waals surface area contributed by atoms with Crippen molar-refractivity contribution >= 4 is 0 Å². The van der Waals surface area contributed by atoms with Gasteiger partial charge in [0.05, 0.1) is 12.6 Å². The van der Waals surface area contributed by atoms with Crippen molar-refractivity contribution in [1.29, 1.82) is 5.26 Å². The Hall–Kier alpha value is -1.80. The Morgan fingerprint density at radius 3 is 3.06 bits per heavy atom. The lowest BCUT2D eigenvalue weighted by Gasteiger charge is -2.14. The molecule has 0 bridgehead atoms. The number of aromatic hydroxyl groups is 1. The molecule has 0 amide bonds. The Balaban J connectivity index is 2.39. The largest absolute Gasteiger partial charge is 0.493 e. The van der Waals surface area contributed by atoms with Crippen molar-refractivity contribution in [1.82, 2.24) is 4.57 Å². The van der Waals surface area contributed by atoms with Crippen LogP contribution in [0, 0.1) is 18.3 Å². The molecule has 2 heterocycles. The molecule has 5 nitrogen and oxygen atoms in total. The Morgan fingerprint density at radius 2 is 2.47 bits per heavy atom. The third kappa shape index (κ3) is 2.17. The highest BCUT2D eigenvalue weighted by Gasteiger charge is 2.20. The maximum Gasteiger partial charge on any atom is 0.253 e. The summed E-state index contributed by atoms with van der Waals surface area (Å²) in [4.78, 5) is 11.8. The first kappa shape index (κ1) is 11.7. The van der Waals surface area contributed by atoms with Gasteiger partial charge in [0.2, 0.25) is 5.88 Å². The van der Waals surface area contributed by atoms with Crippen molar-refractivity contribution in [3.05, 3.63) is 27.5 Å². The maximum atomic E-state index is 11.8. The Kier molecular flexibility index (Phi) is 3.16. The van der Waals surface area contributed by atoms with E-state index in [0.717, 1.165) is 12.8 Å². The molecule has 2 rings (SSSR count). The van der Waals surface area contributed by atoms with E-state index < -0.39 is 0 Å². The molecule has 0 spiro atoms. The molecule has 5 heteroatoms. The summed E-state index contributed by atoms with van der Waals surface area (Å²) in [5.74, 6) is -0.256. The average molecular weight is 234 g/mol. The molecule has 1 aliphatic heterocycles. The van der Waals surface area contributed by atoms with Crippen LogP contribution in [0.1, 0.15) is 24.0 Å². The molecule has 0 saturated carbocycles. The second kappa shape index (κ2) is 4.60. The normalized spacial score (nSPS) is 19.2. The standard InChI is InChI=1S/C12H14N2O3/c1-8-5-11(15)14(12(16)10(8)6-13)7-9-3-2-4-17-9/h5,9,16H,2-4,7H2,1H3/t9-/m1/s1. The van der Waals surface area contributed by atoms with Crippen LogP contribution in [0.2, 0.25) is 0 Å². The van der Waals surface area contributed by atoms with Gasteiger partial charge in [0.25, 0.3) is 5.56 Å². The molecule has 1 fully saturated rings. The minimum absolute atomic E-state index is 0.0483. The summed E-state index contributed by atoms with van der Waals surface area (Å²) < 4.78 is 6.63. The van der Waals surface area contributed by atoms with Crippen LogP contribution in [0.15, 0.2) is 10.9 Å². The highest BCUT2D eigenvalue weighted by molar-refractivity contribution is 5.43. The van der Waals surface area contributed by atoms with Crippen molar-refractivity contribution < 1.29 is 9.84 Å². The summed E-state index contributed by atoms with van der Waals surface area (Å²) in [6.07, 6.45) is 1.80. The van der Waals surface area contributed by atoms with Gasteiger partial charge in [-0.1, -0.05) is 0 Å². The van der Waals surface area contributed by atoms with Crippen molar-refractivity contribution in [3.63, 3.8) is 0 Å². The van der Waals surface area contributed by atoms with E-state index in [9.17, 15) is 9.90 Å². The van der Waals surface area contributed by atoms with Crippen molar-refractivity contribution in [3.8, 4) is 11.9 Å². The van der Waals surface area contributed by atoms with E-state index in [0.29, 0.717) is 18.7 Å². The fourth-order valence-electron chi connectivity index (χ4n) is 2.06. The van der Waals surface area contributed by atoms with Gasteiger partial charge in [-0.05, 0) is 25.3 Å². The van der Waals surface area contributed by atoms with Crippen LogP contribution in [-0.4, -0.2) is 22.4 Å². The van der Waals surface area contributed by atoms with E-state index in [1.54, 1.807) is 6.92 Å². The van der Waals surface area contributed by atoms with Crippen LogP contribution in [0.25, 0.3) is 0 Å². The lowest BCUT2D eigenvalue weighted by Crippen LogP contribution is -2.26. The molecule has 17 heavy (non-hydrogen) atoms. The summed E-state index contributed by atoms with van der Waals surface area (Å²) in [6, 6.07) is 3.27. The number of nitriles is 1. The van der Waals surface area contributed by atoms with Gasteiger partial charge < -0.3 is 9.84 Å². The monoisotopic (exact) mass is 234 g/mol. The SMILES string of the molecule is Cc1cc(=O)n(C[C@H]2CCCO2)c(O)c1C#N. The molecule has 0 aliphatic carbocycles. The van der Waals surface area contributed by atoms with E-state index >= 15 is 0 Å². The Bertz CT molecular complexity index is 522. The number of aryl methyl sites for hydroxylation is 1. The van der Waals surface area contributed by atoms with E-state index in [-0.39, 0.29) is 23.1 Å². The van der Waals surface area contributed by atoms with Crippen LogP contribution >= 0.6 is 0 Å². The van der Waals surface area contributed by atoms with Crippen LogP contribution in [0.3, 0.4) is 0 Å². The molecule has 1 aliphatic rings. The predicted octanol–water partition coefficient (Wildman–Crippen LogP) is 0.913. The Morgan fingerprint density at radius 1 is 1.71 bits per heavy atom. The van der Waals surface area contributed by atoms with Gasteiger partial charge >= 0.3 is 0 Å². The summed E-state index contributed by atoms with van der Waals surface area (Å²) >= 11 is 0. The molecule has 1 N–H and O–H groups in total. The second-order valence-corrected chi connectivity index (χ2v) is 4.22. The Labute approximate surface area is 98.9 Å². The van der Waals surface area contributed by atoms with Gasteiger partial charge in [0.1, 0.15) is 11.6 Å². The topological polar surface area (TPSA) is 75.2 Å². The van der Waals surface area contributed by atoms with E-state index in [1.807, 2.05) is 6.07 Å². The van der Waals surface area contributed by atoms with Crippen molar-refractivity contribution in [2.45, 2.75) is 32.4 Å². The number of ether oxygens (including phenoxy) is 1. The smallest absolute Gasteiger partial charge is 0.253 e. The predicted molar refractivity (Wildman–Crippen MR) is 60.8 cm³/mol. The zero-order valence-electron chi connectivity index (χ0n) is 9.64. The van der Waals surface area contributed by atoms with Crippen LogP contribution in [0.4, 0.5) is 0 Å². The van der Waals surface area contributed by atoms with Gasteiger partial charge in [0.15, 0.2) is 0 Å². The van der Waals surface area contributed by atoms with E-state index in [2.05, 4.69) is 0 Å². The van der Waals surface area contributed by atoms with Gasteiger partial charge in [-0.3, -0.25) is 9.36 Å². The van der Waals surface area contributed by atoms with Crippen LogP contribution in [0.5, 0.6) is 5.88 Å². The summed E-state index contributed by atoms with van der Waals surface area (Å²) in [5.41, 5.74) is 0.357. The zero-order chi connectivity index (χ0) is 12.4. The van der Waals surface area contributed by atoms with Crippen molar-refractivity contribution in [2.75, 3.05) is 6.61 Å². The first-order chi connectivity index (χ1) is 8.13. The number of hydrogen-bond donors (Lipinski definition) is 1. The quantitative estimate of drug-likeness (QED) is 0.825. The number of rotatable bonds is 2. The van der Waals surface area contributed by atoms with Gasteiger partial charge in [-0.25, -0.2) is 0 Å². The minimum atomic E-state index is -0.297. The number of aromatic nitrogens is 1. The molecular formula is C12H14N2O3. The fraction of sp³-hybridized carbons (Fsp3) is 0.500. The highest BCUT2D eigenvalue weighted by Crippen LogP contribution is 2.20. The molecule has 0 aromatic carbocycles. The average Bonchev–Trinajstić information content (AvgIpc) is 2.77. The summed E-state index contributed by atoms with van der Waals surface area (Å²) in [7, 11) is 0. The fourth-order valence-corrected chi connectivity index (χ4v) is 2.06. The molecule has 1 atom stereocenters. The summed E-state index contributed by atoms with van der Waals surface area (Å²) in [5, 5.41) is 18.8.